The molecule has 2 aliphatic rings. The molecule has 4 aromatic rings. The van der Waals surface area contributed by atoms with Crippen LogP contribution in [0.1, 0.15) is 53.2 Å². The molecule has 1 saturated carbocycles. The lowest BCUT2D eigenvalue weighted by Crippen LogP contribution is -2.37. The van der Waals surface area contributed by atoms with Gasteiger partial charge < -0.3 is 25.0 Å². The highest BCUT2D eigenvalue weighted by atomic mass is 31.2. The van der Waals surface area contributed by atoms with Gasteiger partial charge in [-0.3, -0.25) is 13.9 Å². The maximum absolute atomic E-state index is 14.4. The number of esters is 1. The van der Waals surface area contributed by atoms with E-state index < -0.39 is 32.1 Å². The van der Waals surface area contributed by atoms with Crippen LogP contribution in [0, 0.1) is 23.7 Å². The zero-order valence-electron chi connectivity index (χ0n) is 26.9. The number of rotatable bonds is 12. The van der Waals surface area contributed by atoms with E-state index in [1.807, 2.05) is 51.1 Å². The summed E-state index contributed by atoms with van der Waals surface area (Å²) in [6.07, 6.45) is 8.85. The number of nitrogen functional groups attached to an aromatic ring is 1. The fourth-order valence-electron chi connectivity index (χ4n) is 5.28. The van der Waals surface area contributed by atoms with Crippen molar-refractivity contribution >= 4 is 47.4 Å². The number of aromatic nitrogens is 4. The Morgan fingerprint density at radius 3 is 2.72 bits per heavy atom. The molecule has 0 spiro atoms. The number of fused-ring (bicyclic) bond motifs is 2. The molecule has 0 bridgehead atoms. The quantitative estimate of drug-likeness (QED) is 0.100. The number of hydrogen-bond acceptors (Lipinski definition) is 11. The van der Waals surface area contributed by atoms with Crippen LogP contribution < -0.4 is 20.7 Å². The number of nitrogens with zero attached hydrogens (tertiary/aromatic N) is 4. The van der Waals surface area contributed by atoms with Gasteiger partial charge in [-0.2, -0.15) is 15.1 Å². The highest BCUT2D eigenvalue weighted by Crippen LogP contribution is 2.48. The topological polar surface area (TPSA) is 165 Å². The smallest absolute Gasteiger partial charge is 0.459 e. The number of carbonyl (C=O) groups excluding carboxylic acids is 1. The van der Waals surface area contributed by atoms with Gasteiger partial charge in [-0.05, 0) is 43.1 Å². The summed E-state index contributed by atoms with van der Waals surface area (Å²) in [7, 11) is -4.19. The van der Waals surface area contributed by atoms with E-state index in [-0.39, 0.29) is 30.5 Å². The zero-order chi connectivity index (χ0) is 33.3. The third-order valence-corrected chi connectivity index (χ3v) is 9.42. The van der Waals surface area contributed by atoms with Crippen LogP contribution in [-0.2, 0) is 23.4 Å². The minimum absolute atomic E-state index is 0.102. The Hall–Kier alpha value is -4.21. The largest absolute Gasteiger partial charge is 0.464 e. The van der Waals surface area contributed by atoms with E-state index in [0.29, 0.717) is 35.2 Å². The number of benzene rings is 2. The average Bonchev–Trinajstić information content (AvgIpc) is 3.59. The van der Waals surface area contributed by atoms with Crippen molar-refractivity contribution in [2.45, 2.75) is 71.4 Å². The van der Waals surface area contributed by atoms with Crippen molar-refractivity contribution in [2.24, 2.45) is 11.3 Å². The van der Waals surface area contributed by atoms with Crippen LogP contribution in [0.5, 0.6) is 5.75 Å². The van der Waals surface area contributed by atoms with Gasteiger partial charge in [0.15, 0.2) is 23.2 Å². The monoisotopic (exact) mass is 661 g/mol. The molecule has 47 heavy (non-hydrogen) atoms. The van der Waals surface area contributed by atoms with E-state index in [1.54, 1.807) is 30.0 Å². The number of nitrogens with one attached hydrogen (secondary N) is 2. The Labute approximate surface area is 273 Å². The molecule has 6 rings (SSSR count). The summed E-state index contributed by atoms with van der Waals surface area (Å²) in [5, 5.41) is 7.75. The molecule has 0 amide bonds. The second kappa shape index (κ2) is 13.1. The first-order valence-electron chi connectivity index (χ1n) is 15.7. The molecule has 1 aliphatic heterocycles. The van der Waals surface area contributed by atoms with Crippen molar-refractivity contribution in [1.29, 1.82) is 0 Å². The summed E-state index contributed by atoms with van der Waals surface area (Å²) >= 11 is 0. The minimum atomic E-state index is -4.19. The number of hydrogen-bond donors (Lipinski definition) is 3. The summed E-state index contributed by atoms with van der Waals surface area (Å²) < 4.78 is 40.1. The lowest BCUT2D eigenvalue weighted by atomic mass is 9.99. The fourth-order valence-corrected chi connectivity index (χ4v) is 6.82. The van der Waals surface area contributed by atoms with Gasteiger partial charge in [-0.15, -0.1) is 6.42 Å². The van der Waals surface area contributed by atoms with Crippen molar-refractivity contribution in [3.05, 3.63) is 48.8 Å². The van der Waals surface area contributed by atoms with E-state index in [4.69, 9.17) is 30.7 Å². The van der Waals surface area contributed by atoms with Gasteiger partial charge in [0.05, 0.1) is 31.6 Å². The van der Waals surface area contributed by atoms with E-state index in [2.05, 4.69) is 31.3 Å². The van der Waals surface area contributed by atoms with E-state index in [9.17, 15) is 9.36 Å². The lowest BCUT2D eigenvalue weighted by Gasteiger charge is -2.25. The molecule has 14 heteroatoms. The van der Waals surface area contributed by atoms with Crippen molar-refractivity contribution in [3.63, 3.8) is 0 Å². The van der Waals surface area contributed by atoms with Gasteiger partial charge in [-0.25, -0.2) is 9.55 Å². The Balaban J connectivity index is 1.21. The maximum atomic E-state index is 14.4. The summed E-state index contributed by atoms with van der Waals surface area (Å²) in [4.78, 5) is 26.2. The standard InChI is InChI=1S/C33H40N7O6P/c1-6-21-16-24(45-30(21)40-19-35-27-28(36-23-14-15-23)37-32(34)38-29(27)40)17-44-47(42,39-20(2)31(41)43-18-33(3,4)5)46-26-13-9-11-22-10-7-8-12-25(22)26/h1,7-13,19-21,23-24,30H,14-18H2,2-5H3,(H,39,42)(H3,34,36,37,38)/t20-,21-,24-,30+,47+/m0/s1. The molecule has 0 unspecified atom stereocenters. The van der Waals surface area contributed by atoms with Gasteiger partial charge in [-0.1, -0.05) is 63.1 Å². The Morgan fingerprint density at radius 1 is 1.21 bits per heavy atom. The Bertz CT molecular complexity index is 1860. The van der Waals surface area contributed by atoms with Crippen molar-refractivity contribution in [2.75, 3.05) is 24.3 Å². The average molecular weight is 662 g/mol. The molecule has 3 heterocycles. The number of nitrogens with two attached hydrogens (primary N) is 1. The third kappa shape index (κ3) is 7.68. The Kier molecular flexibility index (Phi) is 9.14. The zero-order valence-corrected chi connectivity index (χ0v) is 27.8. The SMILES string of the molecule is C#C[C@H]1C[C@@H](CO[P@](=O)(N[C@@H](C)C(=O)OCC(C)(C)C)Oc2cccc3ccccc23)O[C@H]1n1cnc2c(NC3CC3)nc(N)nc21. The molecule has 13 nitrogen and oxygen atoms in total. The number of anilines is 2. The predicted octanol–water partition coefficient (Wildman–Crippen LogP) is 5.44. The van der Waals surface area contributed by atoms with Gasteiger partial charge in [0.2, 0.25) is 5.95 Å². The molecule has 2 aromatic heterocycles. The number of imidazole rings is 1. The number of carbonyl (C=O) groups is 1. The first-order chi connectivity index (χ1) is 22.4. The fraction of sp³-hybridized carbons (Fsp3) is 0.455. The van der Waals surface area contributed by atoms with Gasteiger partial charge in [0.25, 0.3) is 0 Å². The van der Waals surface area contributed by atoms with Crippen molar-refractivity contribution < 1.29 is 27.9 Å². The van der Waals surface area contributed by atoms with Crippen molar-refractivity contribution in [3.8, 4) is 18.1 Å². The van der Waals surface area contributed by atoms with Crippen LogP contribution >= 0.6 is 7.75 Å². The second-order valence-electron chi connectivity index (χ2n) is 13.2. The lowest BCUT2D eigenvalue weighted by molar-refractivity contribution is -0.148. The molecule has 1 saturated heterocycles. The van der Waals surface area contributed by atoms with Gasteiger partial charge in [0, 0.05) is 11.4 Å². The number of terminal acetylenes is 1. The van der Waals surface area contributed by atoms with Crippen LogP contribution in [0.15, 0.2) is 48.8 Å². The summed E-state index contributed by atoms with van der Waals surface area (Å²) in [6.45, 7) is 7.45. The molecule has 4 N–H and O–H groups in total. The van der Waals surface area contributed by atoms with Crippen LogP contribution in [0.4, 0.5) is 11.8 Å². The molecular formula is C33H40N7O6P. The van der Waals surface area contributed by atoms with E-state index >= 15 is 0 Å². The van der Waals surface area contributed by atoms with Crippen LogP contribution in [-0.4, -0.2) is 56.9 Å². The van der Waals surface area contributed by atoms with Gasteiger partial charge in [0.1, 0.15) is 11.8 Å². The molecule has 0 radical (unpaired) electrons. The van der Waals surface area contributed by atoms with E-state index in [1.165, 1.54) is 0 Å². The summed E-state index contributed by atoms with van der Waals surface area (Å²) in [6, 6.07) is 12.3. The maximum Gasteiger partial charge on any atom is 0.459 e. The second-order valence-corrected chi connectivity index (χ2v) is 14.9. The number of ether oxygens (including phenoxy) is 2. The van der Waals surface area contributed by atoms with Crippen molar-refractivity contribution in [1.82, 2.24) is 24.6 Å². The first-order valence-corrected chi connectivity index (χ1v) is 17.2. The van der Waals surface area contributed by atoms with Crippen LogP contribution in [0.2, 0.25) is 0 Å². The minimum Gasteiger partial charge on any atom is -0.464 e. The normalized spacial score (nSPS) is 21.6. The summed E-state index contributed by atoms with van der Waals surface area (Å²) in [5.41, 5.74) is 6.86. The molecular weight excluding hydrogens is 621 g/mol. The van der Waals surface area contributed by atoms with E-state index in [0.717, 1.165) is 23.6 Å². The highest BCUT2D eigenvalue weighted by Gasteiger charge is 2.40. The molecule has 1 aliphatic carbocycles. The first kappa shape index (κ1) is 32.7. The van der Waals surface area contributed by atoms with Crippen LogP contribution in [0.25, 0.3) is 21.9 Å². The molecule has 2 fully saturated rings. The third-order valence-electron chi connectivity index (χ3n) is 7.79. The summed E-state index contributed by atoms with van der Waals surface area (Å²) in [5.74, 6) is 2.84. The molecule has 2 aromatic carbocycles. The Morgan fingerprint density at radius 2 is 1.98 bits per heavy atom. The van der Waals surface area contributed by atoms with Gasteiger partial charge >= 0.3 is 13.7 Å². The van der Waals surface area contributed by atoms with Crippen LogP contribution in [0.3, 0.4) is 0 Å². The highest BCUT2D eigenvalue weighted by molar-refractivity contribution is 7.52. The molecule has 248 valence electrons. The molecule has 5 atom stereocenters. The predicted molar refractivity (Wildman–Crippen MR) is 178 cm³/mol.